The summed E-state index contributed by atoms with van der Waals surface area (Å²) in [5.41, 5.74) is 1.49. The second-order valence-electron chi connectivity index (χ2n) is 6.22. The van der Waals surface area contributed by atoms with Crippen molar-refractivity contribution >= 4 is 52.2 Å². The molecule has 4 nitrogen and oxygen atoms in total. The Balaban J connectivity index is 1.84. The van der Waals surface area contributed by atoms with Gasteiger partial charge in [-0.1, -0.05) is 47.5 Å². The molecule has 1 saturated heterocycles. The SMILES string of the molecule is CC(C)Oc1ccccc1/C=C1\SC(=O)N(Cc2ccc(Cl)c(Cl)c2)C1=O. The molecule has 1 aliphatic rings. The molecule has 0 unspecified atom stereocenters. The summed E-state index contributed by atoms with van der Waals surface area (Å²) in [6, 6.07) is 12.5. The molecule has 1 fully saturated rings. The smallest absolute Gasteiger partial charge is 0.293 e. The second-order valence-corrected chi connectivity index (χ2v) is 8.03. The van der Waals surface area contributed by atoms with Gasteiger partial charge in [0.15, 0.2) is 0 Å². The number of imide groups is 1. The van der Waals surface area contributed by atoms with E-state index in [2.05, 4.69) is 0 Å². The van der Waals surface area contributed by atoms with Crippen molar-refractivity contribution < 1.29 is 14.3 Å². The Labute approximate surface area is 172 Å². The minimum atomic E-state index is -0.338. The van der Waals surface area contributed by atoms with E-state index < -0.39 is 0 Å². The molecule has 27 heavy (non-hydrogen) atoms. The van der Waals surface area contributed by atoms with E-state index in [9.17, 15) is 9.59 Å². The summed E-state index contributed by atoms with van der Waals surface area (Å²) in [5.74, 6) is 0.333. The van der Waals surface area contributed by atoms with Crippen LogP contribution in [-0.2, 0) is 11.3 Å². The minimum absolute atomic E-state index is 0.00395. The molecule has 140 valence electrons. The van der Waals surface area contributed by atoms with Crippen LogP contribution in [0.5, 0.6) is 5.75 Å². The van der Waals surface area contributed by atoms with Crippen LogP contribution in [-0.4, -0.2) is 22.2 Å². The van der Waals surface area contributed by atoms with Crippen LogP contribution < -0.4 is 4.74 Å². The van der Waals surface area contributed by atoms with E-state index in [0.717, 1.165) is 22.9 Å². The van der Waals surface area contributed by atoms with Crippen LogP contribution in [0.2, 0.25) is 10.0 Å². The van der Waals surface area contributed by atoms with Gasteiger partial charge in [-0.2, -0.15) is 0 Å². The number of nitrogens with zero attached hydrogens (tertiary/aromatic N) is 1. The first kappa shape index (κ1) is 19.8. The van der Waals surface area contributed by atoms with Gasteiger partial charge < -0.3 is 4.74 Å². The summed E-state index contributed by atoms with van der Waals surface area (Å²) < 4.78 is 5.77. The van der Waals surface area contributed by atoms with Crippen molar-refractivity contribution in [1.29, 1.82) is 0 Å². The summed E-state index contributed by atoms with van der Waals surface area (Å²) in [6.07, 6.45) is 1.70. The van der Waals surface area contributed by atoms with E-state index in [4.69, 9.17) is 27.9 Å². The third-order valence-corrected chi connectivity index (χ3v) is 5.41. The van der Waals surface area contributed by atoms with Crippen molar-refractivity contribution in [2.75, 3.05) is 0 Å². The maximum absolute atomic E-state index is 12.7. The van der Waals surface area contributed by atoms with Gasteiger partial charge in [0.25, 0.3) is 11.1 Å². The maximum atomic E-state index is 12.7. The summed E-state index contributed by atoms with van der Waals surface area (Å²) in [4.78, 5) is 26.6. The molecule has 2 aromatic rings. The van der Waals surface area contributed by atoms with Crippen molar-refractivity contribution in [2.45, 2.75) is 26.5 Å². The first-order valence-electron chi connectivity index (χ1n) is 8.30. The zero-order valence-electron chi connectivity index (χ0n) is 14.7. The van der Waals surface area contributed by atoms with Crippen LogP contribution in [0.15, 0.2) is 47.4 Å². The Hall–Kier alpha value is -1.95. The van der Waals surface area contributed by atoms with Gasteiger partial charge in [0.2, 0.25) is 0 Å². The Morgan fingerprint density at radius 2 is 1.85 bits per heavy atom. The third-order valence-electron chi connectivity index (χ3n) is 3.77. The topological polar surface area (TPSA) is 46.6 Å². The van der Waals surface area contributed by atoms with Gasteiger partial charge in [0.05, 0.1) is 27.6 Å². The van der Waals surface area contributed by atoms with Gasteiger partial charge in [-0.05, 0) is 55.4 Å². The Kier molecular flexibility index (Phi) is 6.15. The number of halogens is 2. The maximum Gasteiger partial charge on any atom is 0.293 e. The molecule has 0 radical (unpaired) electrons. The van der Waals surface area contributed by atoms with Gasteiger partial charge in [0, 0.05) is 5.56 Å². The molecule has 0 bridgehead atoms. The third kappa shape index (κ3) is 4.67. The number of carbonyl (C=O) groups excluding carboxylic acids is 2. The largest absolute Gasteiger partial charge is 0.490 e. The summed E-state index contributed by atoms with van der Waals surface area (Å²) in [7, 11) is 0. The van der Waals surface area contributed by atoms with Crippen molar-refractivity contribution in [1.82, 2.24) is 4.90 Å². The number of hydrogen-bond acceptors (Lipinski definition) is 4. The zero-order valence-corrected chi connectivity index (χ0v) is 17.1. The quantitative estimate of drug-likeness (QED) is 0.553. The normalized spacial score (nSPS) is 15.9. The second kappa shape index (κ2) is 8.38. The zero-order chi connectivity index (χ0) is 19.6. The van der Waals surface area contributed by atoms with E-state index in [1.54, 1.807) is 24.3 Å². The van der Waals surface area contributed by atoms with Crippen molar-refractivity contribution in [3.8, 4) is 5.75 Å². The Bertz CT molecular complexity index is 927. The predicted molar refractivity (Wildman–Crippen MR) is 110 cm³/mol. The average molecular weight is 422 g/mol. The van der Waals surface area contributed by atoms with Gasteiger partial charge in [0.1, 0.15) is 5.75 Å². The lowest BCUT2D eigenvalue weighted by Crippen LogP contribution is -2.27. The number of ether oxygens (including phenoxy) is 1. The molecule has 0 N–H and O–H groups in total. The summed E-state index contributed by atoms with van der Waals surface area (Å²) in [6.45, 7) is 4.01. The van der Waals surface area contributed by atoms with Gasteiger partial charge in [-0.15, -0.1) is 0 Å². The fraction of sp³-hybridized carbons (Fsp3) is 0.200. The summed E-state index contributed by atoms with van der Waals surface area (Å²) >= 11 is 12.8. The molecule has 7 heteroatoms. The molecule has 1 heterocycles. The van der Waals surface area contributed by atoms with Crippen molar-refractivity contribution in [3.05, 3.63) is 68.5 Å². The lowest BCUT2D eigenvalue weighted by molar-refractivity contribution is -0.123. The van der Waals surface area contributed by atoms with Crippen LogP contribution in [0.1, 0.15) is 25.0 Å². The fourth-order valence-corrected chi connectivity index (χ4v) is 3.71. The van der Waals surface area contributed by atoms with Crippen LogP contribution in [0.25, 0.3) is 6.08 Å². The predicted octanol–water partition coefficient (Wildman–Crippen LogP) is 6.02. The molecule has 0 saturated carbocycles. The number of carbonyl (C=O) groups is 2. The molecule has 3 rings (SSSR count). The van der Waals surface area contributed by atoms with E-state index in [1.807, 2.05) is 38.1 Å². The number of benzene rings is 2. The van der Waals surface area contributed by atoms with Gasteiger partial charge in [-0.3, -0.25) is 14.5 Å². The van der Waals surface area contributed by atoms with Crippen LogP contribution in [0.4, 0.5) is 4.79 Å². The molecule has 0 spiro atoms. The number of hydrogen-bond donors (Lipinski definition) is 0. The van der Waals surface area contributed by atoms with Gasteiger partial charge in [-0.25, -0.2) is 0 Å². The first-order chi connectivity index (χ1) is 12.8. The number of para-hydroxylation sites is 1. The van der Waals surface area contributed by atoms with E-state index in [-0.39, 0.29) is 23.8 Å². The molecular weight excluding hydrogens is 405 g/mol. The van der Waals surface area contributed by atoms with Crippen molar-refractivity contribution in [3.63, 3.8) is 0 Å². The highest BCUT2D eigenvalue weighted by molar-refractivity contribution is 8.18. The number of rotatable bonds is 5. The van der Waals surface area contributed by atoms with E-state index in [1.165, 1.54) is 4.90 Å². The van der Waals surface area contributed by atoms with Crippen LogP contribution >= 0.6 is 35.0 Å². The van der Waals surface area contributed by atoms with Crippen molar-refractivity contribution in [2.24, 2.45) is 0 Å². The molecule has 2 aromatic carbocycles. The summed E-state index contributed by atoms with van der Waals surface area (Å²) in [5, 5.41) is 0.493. The molecule has 1 aliphatic heterocycles. The molecule has 2 amide bonds. The highest BCUT2D eigenvalue weighted by Crippen LogP contribution is 2.35. The lowest BCUT2D eigenvalue weighted by atomic mass is 10.1. The number of thioether (sulfide) groups is 1. The van der Waals surface area contributed by atoms with E-state index >= 15 is 0 Å². The highest BCUT2D eigenvalue weighted by Gasteiger charge is 2.35. The average Bonchev–Trinajstić information content (AvgIpc) is 2.87. The standard InChI is InChI=1S/C20H17Cl2NO3S/c1-12(2)26-17-6-4-3-5-14(17)10-18-19(24)23(20(25)27-18)11-13-7-8-15(21)16(22)9-13/h3-10,12H,11H2,1-2H3/b18-10-. The number of amides is 2. The Morgan fingerprint density at radius 1 is 1.11 bits per heavy atom. The molecule has 0 aromatic heterocycles. The first-order valence-corrected chi connectivity index (χ1v) is 9.87. The van der Waals surface area contributed by atoms with Crippen LogP contribution in [0, 0.1) is 0 Å². The molecule has 0 aliphatic carbocycles. The minimum Gasteiger partial charge on any atom is -0.490 e. The van der Waals surface area contributed by atoms with Gasteiger partial charge >= 0.3 is 0 Å². The highest BCUT2D eigenvalue weighted by atomic mass is 35.5. The lowest BCUT2D eigenvalue weighted by Gasteiger charge is -2.13. The van der Waals surface area contributed by atoms with E-state index in [0.29, 0.717) is 20.7 Å². The monoisotopic (exact) mass is 421 g/mol. The molecule has 0 atom stereocenters. The fourth-order valence-electron chi connectivity index (χ4n) is 2.56. The van der Waals surface area contributed by atoms with Crippen LogP contribution in [0.3, 0.4) is 0 Å². The Morgan fingerprint density at radius 3 is 2.56 bits per heavy atom. The molecular formula is C20H17Cl2NO3S.